The maximum Gasteiger partial charge on any atom is 0.329 e. The van der Waals surface area contributed by atoms with Crippen molar-refractivity contribution in [2.75, 3.05) is 0 Å². The van der Waals surface area contributed by atoms with E-state index in [1.807, 2.05) is 31.2 Å². The number of rotatable bonds is 4. The van der Waals surface area contributed by atoms with Crippen LogP contribution < -0.4 is 5.32 Å². The summed E-state index contributed by atoms with van der Waals surface area (Å²) in [5.41, 5.74) is 2.37. The maximum absolute atomic E-state index is 10.2. The number of benzene rings is 1. The quantitative estimate of drug-likeness (QED) is 0.712. The van der Waals surface area contributed by atoms with Crippen molar-refractivity contribution in [2.24, 2.45) is 0 Å². The maximum atomic E-state index is 10.2. The largest absolute Gasteiger partial charge is 0.478 e. The summed E-state index contributed by atoms with van der Waals surface area (Å²) in [7, 11) is 0. The Bertz CT molecular complexity index is 345. The monoisotopic (exact) mass is 191 g/mol. The molecular weight excluding hydrogens is 178 g/mol. The fourth-order valence-corrected chi connectivity index (χ4v) is 1.11. The first-order chi connectivity index (χ1) is 6.70. The zero-order valence-corrected chi connectivity index (χ0v) is 8.03. The van der Waals surface area contributed by atoms with E-state index in [-0.39, 0.29) is 0 Å². The summed E-state index contributed by atoms with van der Waals surface area (Å²) >= 11 is 0. The van der Waals surface area contributed by atoms with Gasteiger partial charge in [-0.1, -0.05) is 24.3 Å². The van der Waals surface area contributed by atoms with E-state index >= 15 is 0 Å². The van der Waals surface area contributed by atoms with Crippen LogP contribution in [0.4, 0.5) is 0 Å². The van der Waals surface area contributed by atoms with Gasteiger partial charge in [-0.2, -0.15) is 0 Å². The smallest absolute Gasteiger partial charge is 0.329 e. The predicted molar refractivity (Wildman–Crippen MR) is 54.8 cm³/mol. The molecule has 0 bridgehead atoms. The molecule has 0 amide bonds. The van der Waals surface area contributed by atoms with Crippen LogP contribution in [0.15, 0.2) is 36.5 Å². The Hall–Kier alpha value is -1.77. The average molecular weight is 191 g/mol. The fraction of sp³-hybridized carbons (Fsp3) is 0.182. The number of aliphatic carboxylic acids is 1. The van der Waals surface area contributed by atoms with E-state index < -0.39 is 5.97 Å². The van der Waals surface area contributed by atoms with E-state index in [0.717, 1.165) is 6.08 Å². The molecule has 0 radical (unpaired) electrons. The minimum absolute atomic E-state index is 0.649. The second-order valence-corrected chi connectivity index (χ2v) is 2.98. The molecule has 1 rings (SSSR count). The van der Waals surface area contributed by atoms with Gasteiger partial charge in [0.2, 0.25) is 0 Å². The number of carbonyl (C=O) groups is 1. The summed E-state index contributed by atoms with van der Waals surface area (Å²) in [6.07, 6.45) is 2.52. The summed E-state index contributed by atoms with van der Waals surface area (Å²) in [6, 6.07) is 7.98. The van der Waals surface area contributed by atoms with Crippen LogP contribution in [0.25, 0.3) is 0 Å². The van der Waals surface area contributed by atoms with Crippen LogP contribution in [0.2, 0.25) is 0 Å². The Balaban J connectivity index is 2.46. The van der Waals surface area contributed by atoms with Crippen molar-refractivity contribution in [3.05, 3.63) is 47.7 Å². The lowest BCUT2D eigenvalue weighted by Crippen LogP contribution is -2.06. The minimum Gasteiger partial charge on any atom is -0.478 e. The Morgan fingerprint density at radius 1 is 1.50 bits per heavy atom. The highest BCUT2D eigenvalue weighted by Crippen LogP contribution is 2.05. The van der Waals surface area contributed by atoms with Gasteiger partial charge in [0.05, 0.1) is 0 Å². The SMILES string of the molecule is Cc1ccccc1CN/C=C/C(=O)O. The molecule has 0 spiro atoms. The van der Waals surface area contributed by atoms with Crippen LogP contribution in [0.1, 0.15) is 11.1 Å². The third kappa shape index (κ3) is 3.31. The second-order valence-electron chi connectivity index (χ2n) is 2.98. The van der Waals surface area contributed by atoms with Crippen molar-refractivity contribution in [1.82, 2.24) is 5.32 Å². The molecule has 0 aliphatic carbocycles. The Morgan fingerprint density at radius 2 is 2.21 bits per heavy atom. The van der Waals surface area contributed by atoms with Gasteiger partial charge in [0, 0.05) is 18.8 Å². The third-order valence-electron chi connectivity index (χ3n) is 1.90. The number of aryl methyl sites for hydroxylation is 1. The molecule has 0 atom stereocenters. The molecule has 3 nitrogen and oxygen atoms in total. The number of nitrogens with one attached hydrogen (secondary N) is 1. The number of hydrogen-bond acceptors (Lipinski definition) is 2. The summed E-state index contributed by atoms with van der Waals surface area (Å²) in [4.78, 5) is 10.2. The first-order valence-corrected chi connectivity index (χ1v) is 4.37. The second kappa shape index (κ2) is 5.07. The van der Waals surface area contributed by atoms with Crippen molar-refractivity contribution in [2.45, 2.75) is 13.5 Å². The highest BCUT2D eigenvalue weighted by molar-refractivity contribution is 5.79. The molecule has 0 aromatic heterocycles. The molecule has 74 valence electrons. The van der Waals surface area contributed by atoms with Gasteiger partial charge < -0.3 is 10.4 Å². The van der Waals surface area contributed by atoms with Gasteiger partial charge in [-0.25, -0.2) is 4.79 Å². The van der Waals surface area contributed by atoms with Gasteiger partial charge in [-0.05, 0) is 18.1 Å². The molecule has 0 aliphatic rings. The number of carboxylic acids is 1. The van der Waals surface area contributed by atoms with E-state index in [2.05, 4.69) is 5.32 Å². The van der Waals surface area contributed by atoms with E-state index in [4.69, 9.17) is 5.11 Å². The van der Waals surface area contributed by atoms with Crippen molar-refractivity contribution < 1.29 is 9.90 Å². The molecular formula is C11H13NO2. The molecule has 0 saturated heterocycles. The Morgan fingerprint density at radius 3 is 2.86 bits per heavy atom. The van der Waals surface area contributed by atoms with E-state index in [0.29, 0.717) is 6.54 Å². The van der Waals surface area contributed by atoms with Crippen LogP contribution in [-0.2, 0) is 11.3 Å². The third-order valence-corrected chi connectivity index (χ3v) is 1.90. The van der Waals surface area contributed by atoms with Crippen LogP contribution in [0, 0.1) is 6.92 Å². The average Bonchev–Trinajstić information content (AvgIpc) is 2.15. The lowest BCUT2D eigenvalue weighted by Gasteiger charge is -2.04. The van der Waals surface area contributed by atoms with Crippen molar-refractivity contribution in [3.63, 3.8) is 0 Å². The highest BCUT2D eigenvalue weighted by atomic mass is 16.4. The van der Waals surface area contributed by atoms with Crippen LogP contribution in [-0.4, -0.2) is 11.1 Å². The van der Waals surface area contributed by atoms with Gasteiger partial charge >= 0.3 is 5.97 Å². The highest BCUT2D eigenvalue weighted by Gasteiger charge is 1.93. The molecule has 14 heavy (non-hydrogen) atoms. The fourth-order valence-electron chi connectivity index (χ4n) is 1.11. The molecule has 0 unspecified atom stereocenters. The van der Waals surface area contributed by atoms with E-state index in [1.165, 1.54) is 17.3 Å². The molecule has 0 fully saturated rings. The number of hydrogen-bond donors (Lipinski definition) is 2. The lowest BCUT2D eigenvalue weighted by atomic mass is 10.1. The van der Waals surface area contributed by atoms with E-state index in [1.54, 1.807) is 0 Å². The minimum atomic E-state index is -0.942. The zero-order valence-electron chi connectivity index (χ0n) is 8.03. The van der Waals surface area contributed by atoms with Gasteiger partial charge in [-0.3, -0.25) is 0 Å². The van der Waals surface area contributed by atoms with Crippen molar-refractivity contribution >= 4 is 5.97 Å². The molecule has 0 aliphatic heterocycles. The summed E-state index contributed by atoms with van der Waals surface area (Å²) in [5.74, 6) is -0.942. The predicted octanol–water partition coefficient (Wildman–Crippen LogP) is 1.68. The molecule has 1 aromatic rings. The molecule has 0 saturated carbocycles. The van der Waals surface area contributed by atoms with Crippen molar-refractivity contribution in [1.29, 1.82) is 0 Å². The molecule has 0 heterocycles. The van der Waals surface area contributed by atoms with Crippen LogP contribution in [0.5, 0.6) is 0 Å². The molecule has 2 N–H and O–H groups in total. The van der Waals surface area contributed by atoms with Crippen LogP contribution >= 0.6 is 0 Å². The standard InChI is InChI=1S/C11H13NO2/c1-9-4-2-3-5-10(9)8-12-7-6-11(13)14/h2-7,12H,8H2,1H3,(H,13,14)/b7-6+. The van der Waals surface area contributed by atoms with Crippen LogP contribution in [0.3, 0.4) is 0 Å². The topological polar surface area (TPSA) is 49.3 Å². The summed E-state index contributed by atoms with van der Waals surface area (Å²) in [6.45, 7) is 2.67. The molecule has 1 aromatic carbocycles. The number of carboxylic acid groups (broad SMARTS) is 1. The summed E-state index contributed by atoms with van der Waals surface area (Å²) < 4.78 is 0. The lowest BCUT2D eigenvalue weighted by molar-refractivity contribution is -0.131. The first-order valence-electron chi connectivity index (χ1n) is 4.37. The first kappa shape index (κ1) is 10.3. The van der Waals surface area contributed by atoms with E-state index in [9.17, 15) is 4.79 Å². The van der Waals surface area contributed by atoms with Gasteiger partial charge in [0.15, 0.2) is 0 Å². The Kier molecular flexibility index (Phi) is 3.73. The van der Waals surface area contributed by atoms with Crippen molar-refractivity contribution in [3.8, 4) is 0 Å². The van der Waals surface area contributed by atoms with Gasteiger partial charge in [0.1, 0.15) is 0 Å². The Labute approximate surface area is 83.1 Å². The summed E-state index contributed by atoms with van der Waals surface area (Å²) in [5, 5.41) is 11.3. The zero-order chi connectivity index (χ0) is 10.4. The van der Waals surface area contributed by atoms with Gasteiger partial charge in [0.25, 0.3) is 0 Å². The molecule has 3 heteroatoms. The normalized spacial score (nSPS) is 10.4. The van der Waals surface area contributed by atoms with Gasteiger partial charge in [-0.15, -0.1) is 0 Å².